The summed E-state index contributed by atoms with van der Waals surface area (Å²) in [7, 11) is 0. The molecule has 0 spiro atoms. The van der Waals surface area contributed by atoms with Gasteiger partial charge in [-0.05, 0) is 135 Å². The van der Waals surface area contributed by atoms with Crippen molar-refractivity contribution < 1.29 is 0 Å². The number of nitrogens with zero attached hydrogens (tertiary/aromatic N) is 2. The average Bonchev–Trinajstić information content (AvgIpc) is 3.55. The molecule has 0 amide bonds. The fourth-order valence-electron chi connectivity index (χ4n) is 9.78. The van der Waals surface area contributed by atoms with E-state index < -0.39 is 0 Å². The highest BCUT2D eigenvalue weighted by atomic mass is 15.2. The molecule has 0 aliphatic heterocycles. The third kappa shape index (κ3) is 6.44. The highest BCUT2D eigenvalue weighted by molar-refractivity contribution is 5.99. The molecule has 0 aromatic heterocycles. The maximum absolute atomic E-state index is 2.46. The SMILES string of the molecule is CC1(C)c2cc(N(c3ccccc3)c3cccc4c3CCC=C4)ccc2-c2ccc(N(c3ccc(-c4ccc(-c5ccccc5)cc4)cc3)c3cccc4ccccc34)cc21. The van der Waals surface area contributed by atoms with Crippen molar-refractivity contribution in [3.63, 3.8) is 0 Å². The summed E-state index contributed by atoms with van der Waals surface area (Å²) in [6.45, 7) is 4.79. The van der Waals surface area contributed by atoms with E-state index in [-0.39, 0.29) is 5.41 Å². The van der Waals surface area contributed by atoms with Crippen LogP contribution in [0.2, 0.25) is 0 Å². The van der Waals surface area contributed by atoms with Crippen LogP contribution in [0.5, 0.6) is 0 Å². The Bertz CT molecular complexity index is 3080. The number of benzene rings is 9. The van der Waals surface area contributed by atoms with E-state index in [4.69, 9.17) is 0 Å². The fourth-order valence-corrected chi connectivity index (χ4v) is 9.78. The quantitative estimate of drug-likeness (QED) is 0.151. The van der Waals surface area contributed by atoms with Crippen LogP contribution in [0.3, 0.4) is 0 Å². The summed E-state index contributed by atoms with van der Waals surface area (Å²) in [5.74, 6) is 0. The molecule has 0 fully saturated rings. The maximum Gasteiger partial charge on any atom is 0.0540 e. The van der Waals surface area contributed by atoms with E-state index in [9.17, 15) is 0 Å². The van der Waals surface area contributed by atoms with Gasteiger partial charge >= 0.3 is 0 Å². The van der Waals surface area contributed by atoms with E-state index in [1.165, 1.54) is 83.5 Å². The molecule has 2 aliphatic rings. The lowest BCUT2D eigenvalue weighted by molar-refractivity contribution is 0.660. The molecule has 61 heavy (non-hydrogen) atoms. The number of rotatable bonds is 8. The largest absolute Gasteiger partial charge is 0.310 e. The number of anilines is 6. The van der Waals surface area contributed by atoms with E-state index in [1.807, 2.05) is 0 Å². The molecule has 0 saturated heterocycles. The van der Waals surface area contributed by atoms with Crippen LogP contribution in [-0.2, 0) is 11.8 Å². The van der Waals surface area contributed by atoms with Crippen molar-refractivity contribution in [3.05, 3.63) is 235 Å². The number of para-hydroxylation sites is 1. The van der Waals surface area contributed by atoms with Crippen LogP contribution in [-0.4, -0.2) is 0 Å². The Kier molecular flexibility index (Phi) is 9.01. The minimum atomic E-state index is -0.238. The molecule has 0 unspecified atom stereocenters. The van der Waals surface area contributed by atoms with Crippen LogP contribution in [0.15, 0.2) is 212 Å². The van der Waals surface area contributed by atoms with Crippen LogP contribution in [0.25, 0.3) is 50.2 Å². The third-order valence-electron chi connectivity index (χ3n) is 12.9. The molecule has 0 bridgehead atoms. The molecule has 0 heterocycles. The summed E-state index contributed by atoms with van der Waals surface area (Å²) >= 11 is 0. The highest BCUT2D eigenvalue weighted by Crippen LogP contribution is 2.53. The minimum Gasteiger partial charge on any atom is -0.310 e. The number of fused-ring (bicyclic) bond motifs is 5. The Balaban J connectivity index is 0.994. The van der Waals surface area contributed by atoms with E-state index in [1.54, 1.807) is 0 Å². The molecule has 2 heteroatoms. The lowest BCUT2D eigenvalue weighted by atomic mass is 9.82. The van der Waals surface area contributed by atoms with Gasteiger partial charge in [-0.15, -0.1) is 0 Å². The fraction of sp³-hybridized carbons (Fsp3) is 0.0847. The first-order valence-corrected chi connectivity index (χ1v) is 21.5. The average molecular weight is 783 g/mol. The van der Waals surface area contributed by atoms with Gasteiger partial charge in [-0.3, -0.25) is 0 Å². The molecule has 9 aromatic carbocycles. The van der Waals surface area contributed by atoms with Gasteiger partial charge in [-0.1, -0.05) is 172 Å². The van der Waals surface area contributed by atoms with Crippen LogP contribution in [0.1, 0.15) is 42.5 Å². The molecule has 9 aromatic rings. The van der Waals surface area contributed by atoms with Crippen molar-refractivity contribution in [2.45, 2.75) is 32.1 Å². The van der Waals surface area contributed by atoms with Crippen molar-refractivity contribution in [3.8, 4) is 33.4 Å². The third-order valence-corrected chi connectivity index (χ3v) is 12.9. The van der Waals surface area contributed by atoms with E-state index in [0.29, 0.717) is 0 Å². The van der Waals surface area contributed by atoms with E-state index >= 15 is 0 Å². The van der Waals surface area contributed by atoms with Gasteiger partial charge < -0.3 is 9.80 Å². The second-order valence-corrected chi connectivity index (χ2v) is 16.9. The second kappa shape index (κ2) is 15.0. The Hall–Kier alpha value is -7.42. The molecule has 0 N–H and O–H groups in total. The van der Waals surface area contributed by atoms with Crippen molar-refractivity contribution in [1.29, 1.82) is 0 Å². The molecular formula is C59H46N2. The second-order valence-electron chi connectivity index (χ2n) is 16.9. The lowest BCUT2D eigenvalue weighted by Crippen LogP contribution is -2.18. The summed E-state index contributed by atoms with van der Waals surface area (Å²) in [6, 6.07) is 75.8. The Morgan fingerprint density at radius 1 is 0.410 bits per heavy atom. The summed E-state index contributed by atoms with van der Waals surface area (Å²) in [5, 5.41) is 2.44. The van der Waals surface area contributed by atoms with Gasteiger partial charge in [-0.25, -0.2) is 0 Å². The van der Waals surface area contributed by atoms with E-state index in [0.717, 1.165) is 29.9 Å². The molecule has 0 atom stereocenters. The Labute approximate surface area is 359 Å². The predicted octanol–water partition coefficient (Wildman–Crippen LogP) is 16.4. The van der Waals surface area contributed by atoms with Gasteiger partial charge in [-0.2, -0.15) is 0 Å². The molecule has 0 saturated carbocycles. The first-order chi connectivity index (χ1) is 30.0. The Morgan fingerprint density at radius 2 is 0.902 bits per heavy atom. The van der Waals surface area contributed by atoms with Gasteiger partial charge in [0, 0.05) is 39.2 Å². The maximum atomic E-state index is 2.46. The van der Waals surface area contributed by atoms with Crippen LogP contribution >= 0.6 is 0 Å². The van der Waals surface area contributed by atoms with Gasteiger partial charge in [0.25, 0.3) is 0 Å². The monoisotopic (exact) mass is 782 g/mol. The molecule has 2 nitrogen and oxygen atoms in total. The standard InChI is InChI=1S/C59H46N2/c1-59(2)55-39-49(60(47-21-7-4-8-22-47)57-25-13-19-45-17-9-11-23-51(45)57)35-37-53(55)54-38-36-50(40-56(54)59)61(58-26-14-20-46-18-10-12-24-52(46)58)48-33-31-44(32-34-48)43-29-27-42(28-30-43)41-15-5-3-6-16-41/h3-10,12-22,24-40H,11,23H2,1-2H3. The van der Waals surface area contributed by atoms with Crippen molar-refractivity contribution in [2.75, 3.05) is 9.80 Å². The zero-order chi connectivity index (χ0) is 40.9. The zero-order valence-electron chi connectivity index (χ0n) is 34.6. The van der Waals surface area contributed by atoms with Gasteiger partial charge in [0.1, 0.15) is 0 Å². The van der Waals surface area contributed by atoms with Gasteiger partial charge in [0.05, 0.1) is 5.69 Å². The molecule has 2 aliphatic carbocycles. The summed E-state index contributed by atoms with van der Waals surface area (Å²) in [6.07, 6.45) is 6.68. The molecule has 0 radical (unpaired) electrons. The first-order valence-electron chi connectivity index (χ1n) is 21.5. The number of allylic oxidation sites excluding steroid dienone is 1. The predicted molar refractivity (Wildman–Crippen MR) is 259 cm³/mol. The number of hydrogen-bond acceptors (Lipinski definition) is 2. The van der Waals surface area contributed by atoms with Crippen molar-refractivity contribution >= 4 is 51.0 Å². The minimum absolute atomic E-state index is 0.238. The van der Waals surface area contributed by atoms with Gasteiger partial charge in [0.2, 0.25) is 0 Å². The first kappa shape index (κ1) is 36.6. The van der Waals surface area contributed by atoms with Crippen LogP contribution in [0.4, 0.5) is 34.1 Å². The highest BCUT2D eigenvalue weighted by Gasteiger charge is 2.37. The van der Waals surface area contributed by atoms with Crippen LogP contribution < -0.4 is 9.80 Å². The molecule has 292 valence electrons. The van der Waals surface area contributed by atoms with Crippen molar-refractivity contribution in [2.24, 2.45) is 0 Å². The Morgan fingerprint density at radius 3 is 1.57 bits per heavy atom. The summed E-state index contributed by atoms with van der Waals surface area (Å²) in [4.78, 5) is 4.91. The number of hydrogen-bond donors (Lipinski definition) is 0. The molecular weight excluding hydrogens is 737 g/mol. The summed E-state index contributed by atoms with van der Waals surface area (Å²) in [5.41, 5.74) is 19.7. The smallest absolute Gasteiger partial charge is 0.0540 e. The van der Waals surface area contributed by atoms with Gasteiger partial charge in [0.15, 0.2) is 0 Å². The lowest BCUT2D eigenvalue weighted by Gasteiger charge is -2.31. The van der Waals surface area contributed by atoms with Crippen molar-refractivity contribution in [1.82, 2.24) is 0 Å². The summed E-state index contributed by atoms with van der Waals surface area (Å²) < 4.78 is 0. The normalized spacial score (nSPS) is 13.3. The molecule has 11 rings (SSSR count). The van der Waals surface area contributed by atoms with E-state index in [2.05, 4.69) is 242 Å². The topological polar surface area (TPSA) is 6.48 Å². The van der Waals surface area contributed by atoms with Crippen LogP contribution in [0, 0.1) is 0 Å². The zero-order valence-corrected chi connectivity index (χ0v) is 34.6.